The zero-order valence-electron chi connectivity index (χ0n) is 31.4. The number of fused-ring (bicyclic) bond motifs is 1. The fourth-order valence-electron chi connectivity index (χ4n) is 8.12. The quantitative estimate of drug-likeness (QED) is 0.188. The summed E-state index contributed by atoms with van der Waals surface area (Å²) in [4.78, 5) is 0. The number of allylic oxidation sites excluding steroid dienone is 4. The molecule has 4 rings (SSSR count). The van der Waals surface area contributed by atoms with E-state index >= 15 is 0 Å². The van der Waals surface area contributed by atoms with Crippen molar-refractivity contribution in [3.05, 3.63) is 47.6 Å². The molecule has 5 heteroatoms. The van der Waals surface area contributed by atoms with Gasteiger partial charge in [-0.2, -0.15) is 0 Å². The Labute approximate surface area is 280 Å². The molecule has 1 N–H and O–H groups in total. The second-order valence-corrected chi connectivity index (χ2v) is 28.4. The maximum Gasteiger partial charge on any atom is 0.192 e. The van der Waals surface area contributed by atoms with Crippen LogP contribution in [0.3, 0.4) is 0 Å². The van der Waals surface area contributed by atoms with Gasteiger partial charge in [-0.25, -0.2) is 0 Å². The molecule has 7 atom stereocenters. The average Bonchev–Trinajstić information content (AvgIpc) is 3.64. The largest absolute Gasteiger partial charge is 0.413 e. The van der Waals surface area contributed by atoms with Gasteiger partial charge in [0.15, 0.2) is 16.6 Å². The van der Waals surface area contributed by atoms with Crippen molar-refractivity contribution in [1.29, 1.82) is 0 Å². The molecule has 4 saturated carbocycles. The lowest BCUT2D eigenvalue weighted by molar-refractivity contribution is 0.0969. The van der Waals surface area contributed by atoms with E-state index in [0.29, 0.717) is 23.2 Å². The molecule has 0 amide bonds. The Morgan fingerprint density at radius 1 is 0.933 bits per heavy atom. The maximum atomic E-state index is 10.5. The first kappa shape index (κ1) is 37.1. The molecule has 0 spiro atoms. The van der Waals surface area contributed by atoms with Crippen LogP contribution in [0, 0.1) is 29.1 Å². The van der Waals surface area contributed by atoms with Gasteiger partial charge in [-0.05, 0) is 121 Å². The summed E-state index contributed by atoms with van der Waals surface area (Å²) in [6, 6.07) is 0. The predicted molar refractivity (Wildman–Crippen MR) is 199 cm³/mol. The van der Waals surface area contributed by atoms with Crippen molar-refractivity contribution in [3.63, 3.8) is 0 Å². The first-order valence-electron chi connectivity index (χ1n) is 18.5. The van der Waals surface area contributed by atoms with Crippen LogP contribution in [0.2, 0.25) is 36.3 Å². The van der Waals surface area contributed by atoms with E-state index in [9.17, 15) is 5.11 Å². The lowest BCUT2D eigenvalue weighted by atomic mass is 9.61. The molecule has 0 aromatic heterocycles. The molecule has 256 valence electrons. The molecule has 0 saturated heterocycles. The highest BCUT2D eigenvalue weighted by atomic mass is 28.4. The van der Waals surface area contributed by atoms with Crippen molar-refractivity contribution in [2.45, 2.75) is 174 Å². The van der Waals surface area contributed by atoms with Gasteiger partial charge in [0.25, 0.3) is 0 Å². The molecule has 4 aliphatic carbocycles. The van der Waals surface area contributed by atoms with Gasteiger partial charge >= 0.3 is 0 Å². The van der Waals surface area contributed by atoms with Crippen LogP contribution in [-0.2, 0) is 8.85 Å². The number of aliphatic hydroxyl groups excluding tert-OH is 1. The Balaban J connectivity index is 1.56. The fourth-order valence-corrected chi connectivity index (χ4v) is 10.8. The minimum Gasteiger partial charge on any atom is -0.413 e. The van der Waals surface area contributed by atoms with Gasteiger partial charge in [-0.15, -0.1) is 0 Å². The summed E-state index contributed by atoms with van der Waals surface area (Å²) in [6.45, 7) is 33.2. The predicted octanol–water partition coefficient (Wildman–Crippen LogP) is 11.5. The third kappa shape index (κ3) is 8.66. The summed E-state index contributed by atoms with van der Waals surface area (Å²) in [6.07, 6.45) is 21.1. The molecule has 0 heterocycles. The van der Waals surface area contributed by atoms with Gasteiger partial charge in [0.05, 0.1) is 18.3 Å². The van der Waals surface area contributed by atoms with Crippen molar-refractivity contribution >= 4 is 16.6 Å². The molecular weight excluding hydrogens is 585 g/mol. The molecule has 0 aromatic rings. The monoisotopic (exact) mass is 654 g/mol. The van der Waals surface area contributed by atoms with Gasteiger partial charge < -0.3 is 14.0 Å². The zero-order chi connectivity index (χ0) is 33.6. The van der Waals surface area contributed by atoms with E-state index < -0.39 is 16.6 Å². The molecule has 3 nitrogen and oxygen atoms in total. The number of rotatable bonds is 10. The number of hydrogen-bond acceptors (Lipinski definition) is 3. The van der Waals surface area contributed by atoms with E-state index in [-0.39, 0.29) is 28.4 Å². The third-order valence-electron chi connectivity index (χ3n) is 13.3. The fraction of sp³-hybridized carbons (Fsp3) is 0.800. The van der Waals surface area contributed by atoms with Crippen LogP contribution in [0.5, 0.6) is 0 Å². The highest BCUT2D eigenvalue weighted by Crippen LogP contribution is 2.59. The molecule has 45 heavy (non-hydrogen) atoms. The Morgan fingerprint density at radius 2 is 1.56 bits per heavy atom. The van der Waals surface area contributed by atoms with Crippen LogP contribution in [0.1, 0.15) is 120 Å². The second kappa shape index (κ2) is 13.6. The second-order valence-electron chi connectivity index (χ2n) is 18.9. The van der Waals surface area contributed by atoms with E-state index in [1.807, 2.05) is 0 Å². The highest BCUT2D eigenvalue weighted by molar-refractivity contribution is 6.74. The normalized spacial score (nSPS) is 33.7. The van der Waals surface area contributed by atoms with Crippen molar-refractivity contribution < 1.29 is 14.0 Å². The molecule has 0 bridgehead atoms. The van der Waals surface area contributed by atoms with E-state index in [1.54, 1.807) is 5.57 Å². The summed E-state index contributed by atoms with van der Waals surface area (Å²) >= 11 is 0. The van der Waals surface area contributed by atoms with Crippen LogP contribution < -0.4 is 0 Å². The highest BCUT2D eigenvalue weighted by Gasteiger charge is 2.50. The Morgan fingerprint density at radius 3 is 2.16 bits per heavy atom. The van der Waals surface area contributed by atoms with Crippen LogP contribution in [-0.4, -0.2) is 40.1 Å². The van der Waals surface area contributed by atoms with Crippen LogP contribution in [0.4, 0.5) is 0 Å². The first-order chi connectivity index (χ1) is 20.6. The molecule has 0 unspecified atom stereocenters. The number of aliphatic hydroxyl groups is 1. The van der Waals surface area contributed by atoms with Gasteiger partial charge in [0, 0.05) is 6.42 Å². The smallest absolute Gasteiger partial charge is 0.192 e. The van der Waals surface area contributed by atoms with E-state index in [0.717, 1.165) is 25.2 Å². The Bertz CT molecular complexity index is 1150. The van der Waals surface area contributed by atoms with Crippen molar-refractivity contribution in [3.8, 4) is 0 Å². The van der Waals surface area contributed by atoms with Crippen LogP contribution in [0.15, 0.2) is 47.6 Å². The lowest BCUT2D eigenvalue weighted by Crippen LogP contribution is -2.49. The molecule has 4 aliphatic rings. The summed E-state index contributed by atoms with van der Waals surface area (Å²) in [5, 5.41) is 10.9. The van der Waals surface area contributed by atoms with Crippen molar-refractivity contribution in [2.24, 2.45) is 29.1 Å². The van der Waals surface area contributed by atoms with Gasteiger partial charge in [0.1, 0.15) is 0 Å². The van der Waals surface area contributed by atoms with Crippen molar-refractivity contribution in [1.82, 2.24) is 0 Å². The van der Waals surface area contributed by atoms with E-state index in [4.69, 9.17) is 8.85 Å². The summed E-state index contributed by atoms with van der Waals surface area (Å²) in [5.74, 6) is 2.59. The summed E-state index contributed by atoms with van der Waals surface area (Å²) in [5.41, 5.74) is 4.49. The van der Waals surface area contributed by atoms with E-state index in [2.05, 4.69) is 112 Å². The molecule has 0 radical (unpaired) electrons. The van der Waals surface area contributed by atoms with E-state index in [1.165, 1.54) is 56.1 Å². The maximum absolute atomic E-state index is 10.5. The van der Waals surface area contributed by atoms with Crippen LogP contribution >= 0.6 is 0 Å². The molecule has 0 aliphatic heterocycles. The first-order valence-corrected chi connectivity index (χ1v) is 24.3. The Kier molecular flexibility index (Phi) is 11.3. The van der Waals surface area contributed by atoms with Gasteiger partial charge in [0.2, 0.25) is 0 Å². The summed E-state index contributed by atoms with van der Waals surface area (Å²) < 4.78 is 14.2. The van der Waals surface area contributed by atoms with Gasteiger partial charge in [-0.3, -0.25) is 0 Å². The summed E-state index contributed by atoms with van der Waals surface area (Å²) in [7, 11) is -3.91. The minimum atomic E-state index is -1.98. The number of hydrogen-bond donors (Lipinski definition) is 1. The van der Waals surface area contributed by atoms with Gasteiger partial charge in [-0.1, -0.05) is 105 Å². The lowest BCUT2D eigenvalue weighted by Gasteiger charge is -2.45. The SMILES string of the molecule is C=C1/C(=C\C=C2/CCC[C@]3(C)[C@@H]([C@H](C)/C=C/[C@@H](O)CC4CC4)CC[C@@H]23)C[C@@H](O[Si](C)(C)C(C)(C)C)C[C@@H]1O[Si](C)(C)C(C)(C)C. The van der Waals surface area contributed by atoms with Crippen molar-refractivity contribution in [2.75, 3.05) is 0 Å². The Hall–Kier alpha value is -0.726. The molecule has 0 aromatic carbocycles. The third-order valence-corrected chi connectivity index (χ3v) is 22.3. The topological polar surface area (TPSA) is 38.7 Å². The zero-order valence-corrected chi connectivity index (χ0v) is 33.4. The standard InChI is InChI=1S/C40H70O3Si2/c1-28(16-21-33(41)25-30-17-18-30)35-22-23-36-31(15-14-24-40(35,36)9)19-20-32-26-34(42-44(10,11)38(3,4)5)27-37(29(32)2)43-45(12,13)39(6,7)8/h16,19-21,28,30,33-37,41H,2,14-15,17-18,22-27H2,1,3-13H3/b21-16+,31-19+,32-20-/t28-,33-,34-,35-,36+,37+,40-/m1/s1. The molecule has 4 fully saturated rings. The van der Waals surface area contributed by atoms with Crippen LogP contribution in [0.25, 0.3) is 0 Å². The average molecular weight is 655 g/mol. The minimum absolute atomic E-state index is 0.0226. The molecular formula is C40H70O3Si2.